The Labute approximate surface area is 134 Å². The van der Waals surface area contributed by atoms with Crippen molar-refractivity contribution in [1.29, 1.82) is 0 Å². The minimum atomic E-state index is -0.0916. The lowest BCUT2D eigenvalue weighted by Crippen LogP contribution is -2.16. The molecule has 21 heavy (non-hydrogen) atoms. The van der Waals surface area contributed by atoms with Crippen molar-refractivity contribution in [3.05, 3.63) is 58.1 Å². The van der Waals surface area contributed by atoms with Gasteiger partial charge in [0.15, 0.2) is 0 Å². The van der Waals surface area contributed by atoms with Crippen LogP contribution < -0.4 is 10.2 Å². The fraction of sp³-hybridized carbons (Fsp3) is 0.235. The standard InChI is InChI=1S/C17H19BrN2O/c1-4-20(3)15-8-5-13(6-9-15)17(21)19-16-10-7-14(18)11-12(16)2/h5-11H,4H2,1-3H3,(H,19,21). The van der Waals surface area contributed by atoms with Crippen molar-refractivity contribution in [2.24, 2.45) is 0 Å². The third-order valence-corrected chi connectivity index (χ3v) is 3.97. The summed E-state index contributed by atoms with van der Waals surface area (Å²) in [4.78, 5) is 14.4. The topological polar surface area (TPSA) is 32.3 Å². The second-order valence-electron chi connectivity index (χ2n) is 4.97. The second-order valence-corrected chi connectivity index (χ2v) is 5.89. The van der Waals surface area contributed by atoms with Gasteiger partial charge in [-0.25, -0.2) is 0 Å². The van der Waals surface area contributed by atoms with Gasteiger partial charge >= 0.3 is 0 Å². The molecule has 0 heterocycles. The van der Waals surface area contributed by atoms with Gasteiger partial charge in [-0.05, 0) is 61.9 Å². The number of hydrogen-bond acceptors (Lipinski definition) is 2. The third kappa shape index (κ3) is 3.85. The number of hydrogen-bond donors (Lipinski definition) is 1. The molecule has 0 aromatic heterocycles. The molecule has 2 aromatic rings. The van der Waals surface area contributed by atoms with E-state index in [1.807, 2.05) is 56.4 Å². The zero-order chi connectivity index (χ0) is 15.4. The van der Waals surface area contributed by atoms with Crippen molar-refractivity contribution >= 4 is 33.2 Å². The van der Waals surface area contributed by atoms with E-state index in [1.165, 1.54) is 0 Å². The highest BCUT2D eigenvalue weighted by molar-refractivity contribution is 9.10. The molecular weight excluding hydrogens is 328 g/mol. The molecule has 4 heteroatoms. The van der Waals surface area contributed by atoms with Gasteiger partial charge in [-0.3, -0.25) is 4.79 Å². The molecule has 0 aliphatic carbocycles. The molecule has 0 saturated heterocycles. The van der Waals surface area contributed by atoms with Crippen LogP contribution in [0.3, 0.4) is 0 Å². The number of nitrogens with zero attached hydrogens (tertiary/aromatic N) is 1. The van der Waals surface area contributed by atoms with Gasteiger partial charge in [-0.2, -0.15) is 0 Å². The summed E-state index contributed by atoms with van der Waals surface area (Å²) in [5.74, 6) is -0.0916. The largest absolute Gasteiger partial charge is 0.375 e. The molecule has 2 aromatic carbocycles. The maximum absolute atomic E-state index is 12.3. The van der Waals surface area contributed by atoms with E-state index in [1.54, 1.807) is 0 Å². The van der Waals surface area contributed by atoms with E-state index in [-0.39, 0.29) is 5.91 Å². The maximum atomic E-state index is 12.3. The first-order valence-electron chi connectivity index (χ1n) is 6.90. The molecule has 0 bridgehead atoms. The van der Waals surface area contributed by atoms with Crippen LogP contribution in [0.25, 0.3) is 0 Å². The van der Waals surface area contributed by atoms with Gasteiger partial charge in [-0.1, -0.05) is 15.9 Å². The quantitative estimate of drug-likeness (QED) is 0.885. The summed E-state index contributed by atoms with van der Waals surface area (Å²) >= 11 is 3.42. The number of halogens is 1. The summed E-state index contributed by atoms with van der Waals surface area (Å²) in [6.07, 6.45) is 0. The molecule has 0 unspecified atom stereocenters. The summed E-state index contributed by atoms with van der Waals surface area (Å²) in [6, 6.07) is 13.4. The molecule has 110 valence electrons. The Hall–Kier alpha value is -1.81. The van der Waals surface area contributed by atoms with Crippen LogP contribution in [0, 0.1) is 6.92 Å². The molecule has 0 radical (unpaired) electrons. The Morgan fingerprint density at radius 2 is 1.86 bits per heavy atom. The normalized spacial score (nSPS) is 10.3. The summed E-state index contributed by atoms with van der Waals surface area (Å²) < 4.78 is 1.00. The van der Waals surface area contributed by atoms with Gasteiger partial charge < -0.3 is 10.2 Å². The fourth-order valence-corrected chi connectivity index (χ4v) is 2.49. The van der Waals surface area contributed by atoms with Crippen molar-refractivity contribution < 1.29 is 4.79 Å². The number of anilines is 2. The zero-order valence-electron chi connectivity index (χ0n) is 12.5. The first kappa shape index (κ1) is 15.6. The summed E-state index contributed by atoms with van der Waals surface area (Å²) in [7, 11) is 2.03. The molecule has 2 rings (SSSR count). The van der Waals surface area contributed by atoms with Gasteiger partial charge in [0.25, 0.3) is 5.91 Å². The van der Waals surface area contributed by atoms with Crippen LogP contribution in [0.4, 0.5) is 11.4 Å². The van der Waals surface area contributed by atoms with Gasteiger partial charge in [0.2, 0.25) is 0 Å². The highest BCUT2D eigenvalue weighted by Gasteiger charge is 2.08. The lowest BCUT2D eigenvalue weighted by molar-refractivity contribution is 0.102. The van der Waals surface area contributed by atoms with Crippen LogP contribution in [0.1, 0.15) is 22.8 Å². The van der Waals surface area contributed by atoms with Crippen LogP contribution >= 0.6 is 15.9 Å². The number of aryl methyl sites for hydroxylation is 1. The molecule has 0 atom stereocenters. The average molecular weight is 347 g/mol. The predicted octanol–water partition coefficient (Wildman–Crippen LogP) is 4.47. The number of rotatable bonds is 4. The second kappa shape index (κ2) is 6.76. The Bertz CT molecular complexity index is 638. The molecule has 3 nitrogen and oxygen atoms in total. The van der Waals surface area contributed by atoms with Crippen molar-refractivity contribution in [3.8, 4) is 0 Å². The third-order valence-electron chi connectivity index (χ3n) is 3.48. The highest BCUT2D eigenvalue weighted by atomic mass is 79.9. The minimum absolute atomic E-state index is 0.0916. The van der Waals surface area contributed by atoms with Crippen LogP contribution in [-0.4, -0.2) is 19.5 Å². The van der Waals surface area contributed by atoms with Crippen LogP contribution in [0.5, 0.6) is 0 Å². The number of nitrogens with one attached hydrogen (secondary N) is 1. The average Bonchev–Trinajstić information content (AvgIpc) is 2.49. The highest BCUT2D eigenvalue weighted by Crippen LogP contribution is 2.21. The number of carbonyl (C=O) groups is 1. The lowest BCUT2D eigenvalue weighted by atomic mass is 10.1. The first-order valence-corrected chi connectivity index (χ1v) is 7.69. The summed E-state index contributed by atoms with van der Waals surface area (Å²) in [5.41, 5.74) is 3.62. The molecule has 0 spiro atoms. The van der Waals surface area contributed by atoms with E-state index < -0.39 is 0 Å². The van der Waals surface area contributed by atoms with Gasteiger partial charge in [0.1, 0.15) is 0 Å². The van der Waals surface area contributed by atoms with E-state index in [4.69, 9.17) is 0 Å². The molecule has 1 amide bonds. The van der Waals surface area contributed by atoms with Crippen LogP contribution in [0.15, 0.2) is 46.9 Å². The van der Waals surface area contributed by atoms with Gasteiger partial charge in [0, 0.05) is 35.0 Å². The van der Waals surface area contributed by atoms with E-state index in [0.717, 1.165) is 28.0 Å². The molecule has 0 saturated carbocycles. The first-order chi connectivity index (χ1) is 10.0. The van der Waals surface area contributed by atoms with E-state index in [2.05, 4.69) is 33.1 Å². The van der Waals surface area contributed by atoms with Crippen molar-refractivity contribution in [2.45, 2.75) is 13.8 Å². The zero-order valence-corrected chi connectivity index (χ0v) is 14.1. The Morgan fingerprint density at radius 1 is 1.19 bits per heavy atom. The van der Waals surface area contributed by atoms with Crippen molar-refractivity contribution in [3.63, 3.8) is 0 Å². The summed E-state index contributed by atoms with van der Waals surface area (Å²) in [5, 5.41) is 2.94. The minimum Gasteiger partial charge on any atom is -0.375 e. The Balaban J connectivity index is 2.13. The van der Waals surface area contributed by atoms with Crippen LogP contribution in [-0.2, 0) is 0 Å². The molecule has 1 N–H and O–H groups in total. The predicted molar refractivity (Wildman–Crippen MR) is 92.2 cm³/mol. The molecular formula is C17H19BrN2O. The monoisotopic (exact) mass is 346 g/mol. The lowest BCUT2D eigenvalue weighted by Gasteiger charge is -2.17. The Morgan fingerprint density at radius 3 is 2.43 bits per heavy atom. The fourth-order valence-electron chi connectivity index (χ4n) is 2.01. The van der Waals surface area contributed by atoms with Crippen molar-refractivity contribution in [1.82, 2.24) is 0 Å². The SMILES string of the molecule is CCN(C)c1ccc(C(=O)Nc2ccc(Br)cc2C)cc1. The number of benzene rings is 2. The Kier molecular flexibility index (Phi) is 5.02. The van der Waals surface area contributed by atoms with E-state index >= 15 is 0 Å². The van der Waals surface area contributed by atoms with Crippen LogP contribution in [0.2, 0.25) is 0 Å². The van der Waals surface area contributed by atoms with Gasteiger partial charge in [-0.15, -0.1) is 0 Å². The number of carbonyl (C=O) groups excluding carboxylic acids is 1. The van der Waals surface area contributed by atoms with E-state index in [0.29, 0.717) is 5.56 Å². The number of amides is 1. The summed E-state index contributed by atoms with van der Waals surface area (Å²) in [6.45, 7) is 5.00. The van der Waals surface area contributed by atoms with E-state index in [9.17, 15) is 4.79 Å². The smallest absolute Gasteiger partial charge is 0.255 e. The molecule has 0 aliphatic heterocycles. The molecule has 0 fully saturated rings. The van der Waals surface area contributed by atoms with Gasteiger partial charge in [0.05, 0.1) is 0 Å². The molecule has 0 aliphatic rings. The van der Waals surface area contributed by atoms with Crippen molar-refractivity contribution in [2.75, 3.05) is 23.8 Å². The maximum Gasteiger partial charge on any atom is 0.255 e.